The number of nitrogens with zero attached hydrogens (tertiary/aromatic N) is 2. The number of rotatable bonds is 1. The van der Waals surface area contributed by atoms with Crippen LogP contribution in [0.4, 0.5) is 10.5 Å². The summed E-state index contributed by atoms with van der Waals surface area (Å²) in [6.07, 6.45) is 0. The first-order valence-electron chi connectivity index (χ1n) is 4.02. The Hall–Kier alpha value is -1.91. The van der Waals surface area contributed by atoms with Gasteiger partial charge in [-0.3, -0.25) is 0 Å². The maximum atomic E-state index is 10.3. The van der Waals surface area contributed by atoms with Crippen LogP contribution < -0.4 is 5.73 Å². The zero-order chi connectivity index (χ0) is 10.7. The summed E-state index contributed by atoms with van der Waals surface area (Å²) in [7, 11) is 0. The summed E-state index contributed by atoms with van der Waals surface area (Å²) in [5.74, 6) is 0.119. The third-order valence-electron chi connectivity index (χ3n) is 1.77. The topological polar surface area (TPSA) is 88.0 Å². The van der Waals surface area contributed by atoms with Crippen molar-refractivity contribution in [3.8, 4) is 5.75 Å². The Morgan fingerprint density at radius 1 is 1.36 bits per heavy atom. The average Bonchev–Trinajstić information content (AvgIpc) is 2.09. The van der Waals surface area contributed by atoms with Crippen molar-refractivity contribution in [3.05, 3.63) is 23.3 Å². The highest BCUT2D eigenvalue weighted by atomic mass is 16.3. The second kappa shape index (κ2) is 3.87. The first kappa shape index (κ1) is 10.2. The fraction of sp³-hybridized carbons (Fsp3) is 0.222. The number of nitrogens with two attached hydrogens (primary N) is 1. The highest BCUT2D eigenvalue weighted by molar-refractivity contribution is 5.72. The number of amides is 2. The number of urea groups is 1. The second-order valence-electron chi connectivity index (χ2n) is 2.96. The van der Waals surface area contributed by atoms with Crippen LogP contribution >= 0.6 is 0 Å². The van der Waals surface area contributed by atoms with Crippen molar-refractivity contribution in [2.45, 2.75) is 13.8 Å². The molecule has 0 atom stereocenters. The van der Waals surface area contributed by atoms with E-state index in [1.54, 1.807) is 13.0 Å². The third-order valence-corrected chi connectivity index (χ3v) is 1.77. The molecule has 1 rings (SSSR count). The predicted molar refractivity (Wildman–Crippen MR) is 51.7 cm³/mol. The SMILES string of the molecule is Cc1cc(C)c(N=NC(N)=O)cc1O. The van der Waals surface area contributed by atoms with Crippen molar-refractivity contribution in [1.29, 1.82) is 0 Å². The van der Waals surface area contributed by atoms with Crippen LogP contribution in [0.25, 0.3) is 0 Å². The molecule has 5 heteroatoms. The van der Waals surface area contributed by atoms with Crippen LogP contribution in [-0.2, 0) is 0 Å². The van der Waals surface area contributed by atoms with E-state index in [0.29, 0.717) is 5.69 Å². The molecule has 1 aromatic carbocycles. The third kappa shape index (κ3) is 2.29. The number of azo groups is 1. The summed E-state index contributed by atoms with van der Waals surface area (Å²) >= 11 is 0. The molecule has 3 N–H and O–H groups in total. The molecule has 1 aromatic rings. The van der Waals surface area contributed by atoms with E-state index in [4.69, 9.17) is 5.73 Å². The highest BCUT2D eigenvalue weighted by Gasteiger charge is 2.02. The van der Waals surface area contributed by atoms with Gasteiger partial charge in [-0.05, 0) is 25.0 Å². The Kier molecular flexibility index (Phi) is 2.81. The number of benzene rings is 1. The Labute approximate surface area is 81.3 Å². The summed E-state index contributed by atoms with van der Waals surface area (Å²) in [5.41, 5.74) is 6.81. The largest absolute Gasteiger partial charge is 0.508 e. The molecule has 0 aliphatic rings. The van der Waals surface area contributed by atoms with Gasteiger partial charge in [-0.1, -0.05) is 11.2 Å². The molecule has 0 aliphatic carbocycles. The van der Waals surface area contributed by atoms with Gasteiger partial charge in [0.25, 0.3) is 0 Å². The summed E-state index contributed by atoms with van der Waals surface area (Å²) in [5, 5.41) is 16.1. The van der Waals surface area contributed by atoms with Crippen molar-refractivity contribution in [1.82, 2.24) is 0 Å². The minimum atomic E-state index is -0.857. The fourth-order valence-electron chi connectivity index (χ4n) is 1.04. The van der Waals surface area contributed by atoms with E-state index in [1.807, 2.05) is 6.92 Å². The Morgan fingerprint density at radius 2 is 2.00 bits per heavy atom. The molecule has 5 nitrogen and oxygen atoms in total. The molecule has 0 fully saturated rings. The minimum Gasteiger partial charge on any atom is -0.508 e. The number of hydrogen-bond donors (Lipinski definition) is 2. The lowest BCUT2D eigenvalue weighted by Gasteiger charge is -2.02. The van der Waals surface area contributed by atoms with Crippen LogP contribution in [0.1, 0.15) is 11.1 Å². The average molecular weight is 193 g/mol. The van der Waals surface area contributed by atoms with Crippen molar-refractivity contribution in [2.75, 3.05) is 0 Å². The van der Waals surface area contributed by atoms with Crippen LogP contribution in [0.5, 0.6) is 5.75 Å². The van der Waals surface area contributed by atoms with Crippen molar-refractivity contribution < 1.29 is 9.90 Å². The second-order valence-corrected chi connectivity index (χ2v) is 2.96. The Balaban J connectivity index is 3.10. The molecule has 0 spiro atoms. The highest BCUT2D eigenvalue weighted by Crippen LogP contribution is 2.27. The first-order chi connectivity index (χ1) is 6.50. The number of carbonyl (C=O) groups excluding carboxylic acids is 1. The van der Waals surface area contributed by atoms with E-state index in [-0.39, 0.29) is 5.75 Å². The lowest BCUT2D eigenvalue weighted by molar-refractivity contribution is 0.255. The standard InChI is InChI=1S/C9H11N3O2/c1-5-3-6(2)8(13)4-7(5)11-12-9(10)14/h3-4,13H,1-2H3,(H2,10,14). The minimum absolute atomic E-state index is 0.119. The van der Waals surface area contributed by atoms with Crippen molar-refractivity contribution in [2.24, 2.45) is 16.0 Å². The maximum Gasteiger partial charge on any atom is 0.356 e. The molecule has 74 valence electrons. The molecule has 0 unspecified atom stereocenters. The van der Waals surface area contributed by atoms with E-state index in [2.05, 4.69) is 10.2 Å². The van der Waals surface area contributed by atoms with Crippen molar-refractivity contribution in [3.63, 3.8) is 0 Å². The summed E-state index contributed by atoms with van der Waals surface area (Å²) in [6.45, 7) is 3.58. The van der Waals surface area contributed by atoms with Gasteiger partial charge in [0.15, 0.2) is 0 Å². The Bertz CT molecular complexity index is 399. The molecule has 2 amide bonds. The summed E-state index contributed by atoms with van der Waals surface area (Å²) in [4.78, 5) is 10.3. The number of phenolic OH excluding ortho intramolecular Hbond substituents is 1. The lowest BCUT2D eigenvalue weighted by atomic mass is 10.1. The lowest BCUT2D eigenvalue weighted by Crippen LogP contribution is -2.01. The Morgan fingerprint density at radius 3 is 2.57 bits per heavy atom. The van der Waals surface area contributed by atoms with E-state index >= 15 is 0 Å². The van der Waals surface area contributed by atoms with Gasteiger partial charge in [0.05, 0.1) is 5.69 Å². The normalized spacial score (nSPS) is 10.7. The van der Waals surface area contributed by atoms with E-state index in [9.17, 15) is 9.90 Å². The first-order valence-corrected chi connectivity index (χ1v) is 4.02. The molecule has 14 heavy (non-hydrogen) atoms. The molecular formula is C9H11N3O2. The van der Waals surface area contributed by atoms with Crippen LogP contribution in [0, 0.1) is 13.8 Å². The van der Waals surface area contributed by atoms with Gasteiger partial charge in [-0.25, -0.2) is 4.79 Å². The molecular weight excluding hydrogens is 182 g/mol. The smallest absolute Gasteiger partial charge is 0.356 e. The van der Waals surface area contributed by atoms with Gasteiger partial charge < -0.3 is 10.8 Å². The summed E-state index contributed by atoms with van der Waals surface area (Å²) in [6, 6.07) is 2.34. The van der Waals surface area contributed by atoms with Gasteiger partial charge in [0, 0.05) is 6.07 Å². The number of aromatic hydroxyl groups is 1. The fourth-order valence-corrected chi connectivity index (χ4v) is 1.04. The number of phenols is 1. The van der Waals surface area contributed by atoms with Gasteiger partial charge in [-0.2, -0.15) is 0 Å². The molecule has 0 saturated carbocycles. The number of primary amides is 1. The van der Waals surface area contributed by atoms with Gasteiger partial charge in [0.2, 0.25) is 0 Å². The van der Waals surface area contributed by atoms with Gasteiger partial charge in [-0.15, -0.1) is 5.11 Å². The molecule has 0 aliphatic heterocycles. The van der Waals surface area contributed by atoms with E-state index < -0.39 is 6.03 Å². The maximum absolute atomic E-state index is 10.3. The summed E-state index contributed by atoms with van der Waals surface area (Å²) < 4.78 is 0. The monoisotopic (exact) mass is 193 g/mol. The van der Waals surface area contributed by atoms with Gasteiger partial charge in [0.1, 0.15) is 5.75 Å². The van der Waals surface area contributed by atoms with E-state index in [1.165, 1.54) is 6.07 Å². The number of hydrogen-bond acceptors (Lipinski definition) is 3. The molecule has 0 heterocycles. The van der Waals surface area contributed by atoms with Crippen LogP contribution in [0.15, 0.2) is 22.4 Å². The molecule has 0 saturated heterocycles. The zero-order valence-electron chi connectivity index (χ0n) is 7.98. The molecule has 0 aromatic heterocycles. The van der Waals surface area contributed by atoms with Crippen LogP contribution in [0.3, 0.4) is 0 Å². The number of carbonyl (C=O) groups is 1. The quantitative estimate of drug-likeness (QED) is 0.669. The molecule has 0 bridgehead atoms. The van der Waals surface area contributed by atoms with Gasteiger partial charge >= 0.3 is 6.03 Å². The van der Waals surface area contributed by atoms with E-state index in [0.717, 1.165) is 11.1 Å². The van der Waals surface area contributed by atoms with Crippen molar-refractivity contribution >= 4 is 11.7 Å². The predicted octanol–water partition coefficient (Wildman–Crippen LogP) is 2.17. The van der Waals surface area contributed by atoms with Crippen LogP contribution in [-0.4, -0.2) is 11.1 Å². The zero-order valence-corrected chi connectivity index (χ0v) is 7.98. The van der Waals surface area contributed by atoms with Crippen LogP contribution in [0.2, 0.25) is 0 Å². The molecule has 0 radical (unpaired) electrons. The number of aryl methyl sites for hydroxylation is 2.